The fraction of sp³-hybridized carbons (Fsp3) is 0.154. The normalized spacial score (nSPS) is 10.1. The van der Waals surface area contributed by atoms with Crippen molar-refractivity contribution in [1.82, 2.24) is 4.98 Å². The summed E-state index contributed by atoms with van der Waals surface area (Å²) in [6, 6.07) is 7.43. The van der Waals surface area contributed by atoms with E-state index in [1.165, 1.54) is 0 Å². The van der Waals surface area contributed by atoms with Crippen LogP contribution in [0.2, 0.25) is 0 Å². The van der Waals surface area contributed by atoms with Crippen LogP contribution in [-0.2, 0) is 0 Å². The summed E-state index contributed by atoms with van der Waals surface area (Å²) in [6.07, 6.45) is 3.48. The van der Waals surface area contributed by atoms with E-state index in [0.29, 0.717) is 0 Å². The smallest absolute Gasteiger partial charge is 0.141 e. The number of aromatic nitrogens is 1. The van der Waals surface area contributed by atoms with Gasteiger partial charge in [-0.3, -0.25) is 4.98 Å². The quantitative estimate of drug-likeness (QED) is 0.858. The molecule has 0 radical (unpaired) electrons. The highest BCUT2D eigenvalue weighted by Crippen LogP contribution is 2.33. The Labute approximate surface area is 109 Å². The molecule has 0 atom stereocenters. The maximum absolute atomic E-state index is 5.80. The molecule has 0 spiro atoms. The van der Waals surface area contributed by atoms with Gasteiger partial charge < -0.3 is 9.47 Å². The van der Waals surface area contributed by atoms with Crippen LogP contribution < -0.4 is 9.47 Å². The molecule has 88 valence electrons. The predicted molar refractivity (Wildman–Crippen MR) is 69.7 cm³/mol. The Balaban J connectivity index is 2.28. The maximum atomic E-state index is 5.80. The van der Waals surface area contributed by atoms with Gasteiger partial charge >= 0.3 is 0 Å². The standard InChI is InChI=1S/C13H12BrNO2/c1-9-8-15-6-5-12(9)17-13-4-3-10(16-2)7-11(13)14/h3-8H,1-2H3. The first kappa shape index (κ1) is 11.9. The molecule has 0 N–H and O–H groups in total. The number of nitrogens with zero attached hydrogens (tertiary/aromatic N) is 1. The van der Waals surface area contributed by atoms with E-state index in [2.05, 4.69) is 20.9 Å². The molecule has 2 rings (SSSR count). The lowest BCUT2D eigenvalue weighted by Crippen LogP contribution is -1.90. The van der Waals surface area contributed by atoms with Crippen LogP contribution in [0.5, 0.6) is 17.2 Å². The highest BCUT2D eigenvalue weighted by atomic mass is 79.9. The van der Waals surface area contributed by atoms with Gasteiger partial charge in [0.1, 0.15) is 17.2 Å². The zero-order valence-corrected chi connectivity index (χ0v) is 11.2. The van der Waals surface area contributed by atoms with E-state index in [-0.39, 0.29) is 0 Å². The molecule has 3 nitrogen and oxygen atoms in total. The van der Waals surface area contributed by atoms with Gasteiger partial charge in [0.2, 0.25) is 0 Å². The van der Waals surface area contributed by atoms with Crippen molar-refractivity contribution in [3.63, 3.8) is 0 Å². The monoisotopic (exact) mass is 293 g/mol. The number of methoxy groups -OCH3 is 1. The molecule has 0 aliphatic carbocycles. The van der Waals surface area contributed by atoms with E-state index >= 15 is 0 Å². The summed E-state index contributed by atoms with van der Waals surface area (Å²) < 4.78 is 11.8. The average Bonchev–Trinajstić information content (AvgIpc) is 2.34. The fourth-order valence-corrected chi connectivity index (χ4v) is 1.82. The van der Waals surface area contributed by atoms with Crippen molar-refractivity contribution in [2.24, 2.45) is 0 Å². The van der Waals surface area contributed by atoms with Crippen LogP contribution in [0.15, 0.2) is 41.1 Å². The summed E-state index contributed by atoms with van der Waals surface area (Å²) in [5.74, 6) is 2.33. The first-order valence-corrected chi connectivity index (χ1v) is 5.92. The first-order chi connectivity index (χ1) is 8.20. The Bertz CT molecular complexity index is 529. The Morgan fingerprint density at radius 3 is 2.65 bits per heavy atom. The Morgan fingerprint density at radius 2 is 2.00 bits per heavy atom. The van der Waals surface area contributed by atoms with Crippen molar-refractivity contribution >= 4 is 15.9 Å². The van der Waals surface area contributed by atoms with E-state index in [4.69, 9.17) is 9.47 Å². The number of halogens is 1. The second-order valence-electron chi connectivity index (χ2n) is 3.54. The minimum atomic E-state index is 0.750. The van der Waals surface area contributed by atoms with Gasteiger partial charge in [-0.25, -0.2) is 0 Å². The van der Waals surface area contributed by atoms with Gasteiger partial charge in [0.25, 0.3) is 0 Å². The summed E-state index contributed by atoms with van der Waals surface area (Å²) in [5.41, 5.74) is 0.996. The average molecular weight is 294 g/mol. The minimum absolute atomic E-state index is 0.750. The summed E-state index contributed by atoms with van der Waals surface area (Å²) in [5, 5.41) is 0. The largest absolute Gasteiger partial charge is 0.497 e. The topological polar surface area (TPSA) is 31.4 Å². The molecule has 0 fully saturated rings. The number of ether oxygens (including phenoxy) is 2. The SMILES string of the molecule is COc1ccc(Oc2ccncc2C)c(Br)c1. The number of benzene rings is 1. The Hall–Kier alpha value is -1.55. The van der Waals surface area contributed by atoms with Crippen molar-refractivity contribution in [3.05, 3.63) is 46.7 Å². The molecule has 17 heavy (non-hydrogen) atoms. The second-order valence-corrected chi connectivity index (χ2v) is 4.39. The van der Waals surface area contributed by atoms with E-state index in [0.717, 1.165) is 27.3 Å². The number of hydrogen-bond donors (Lipinski definition) is 0. The Kier molecular flexibility index (Phi) is 3.64. The molecule has 2 aromatic rings. The molecule has 0 aliphatic heterocycles. The van der Waals surface area contributed by atoms with E-state index < -0.39 is 0 Å². The van der Waals surface area contributed by atoms with Crippen molar-refractivity contribution in [2.45, 2.75) is 6.92 Å². The van der Waals surface area contributed by atoms with Crippen molar-refractivity contribution in [3.8, 4) is 17.2 Å². The maximum Gasteiger partial charge on any atom is 0.141 e. The van der Waals surface area contributed by atoms with Gasteiger partial charge in [-0.2, -0.15) is 0 Å². The van der Waals surface area contributed by atoms with Crippen LogP contribution in [0.4, 0.5) is 0 Å². The molecule has 1 heterocycles. The van der Waals surface area contributed by atoms with Crippen LogP contribution in [-0.4, -0.2) is 12.1 Å². The third-order valence-electron chi connectivity index (χ3n) is 2.33. The van der Waals surface area contributed by atoms with Gasteiger partial charge in [-0.1, -0.05) is 0 Å². The molecule has 0 amide bonds. The highest BCUT2D eigenvalue weighted by Gasteiger charge is 2.06. The zero-order chi connectivity index (χ0) is 12.3. The third-order valence-corrected chi connectivity index (χ3v) is 2.95. The summed E-state index contributed by atoms with van der Waals surface area (Å²) >= 11 is 3.45. The molecule has 0 saturated carbocycles. The molecule has 0 bridgehead atoms. The lowest BCUT2D eigenvalue weighted by Gasteiger charge is -2.10. The summed E-state index contributed by atoms with van der Waals surface area (Å²) in [6.45, 7) is 1.96. The molecule has 0 unspecified atom stereocenters. The van der Waals surface area contributed by atoms with E-state index in [9.17, 15) is 0 Å². The van der Waals surface area contributed by atoms with Crippen LogP contribution in [0.3, 0.4) is 0 Å². The molecular formula is C13H12BrNO2. The number of aryl methyl sites for hydroxylation is 1. The van der Waals surface area contributed by atoms with Crippen molar-refractivity contribution in [1.29, 1.82) is 0 Å². The molecule has 0 aliphatic rings. The van der Waals surface area contributed by atoms with Crippen molar-refractivity contribution in [2.75, 3.05) is 7.11 Å². The zero-order valence-electron chi connectivity index (χ0n) is 9.61. The Morgan fingerprint density at radius 1 is 1.18 bits per heavy atom. The van der Waals surface area contributed by atoms with Gasteiger partial charge in [-0.15, -0.1) is 0 Å². The third kappa shape index (κ3) is 2.77. The second kappa shape index (κ2) is 5.19. The number of pyridine rings is 1. The molecular weight excluding hydrogens is 282 g/mol. The molecule has 4 heteroatoms. The molecule has 1 aromatic carbocycles. The number of hydrogen-bond acceptors (Lipinski definition) is 3. The van der Waals surface area contributed by atoms with Crippen LogP contribution in [0.1, 0.15) is 5.56 Å². The summed E-state index contributed by atoms with van der Waals surface area (Å²) in [4.78, 5) is 4.02. The van der Waals surface area contributed by atoms with Crippen LogP contribution in [0.25, 0.3) is 0 Å². The van der Waals surface area contributed by atoms with E-state index in [1.54, 1.807) is 19.5 Å². The van der Waals surface area contributed by atoms with Crippen LogP contribution >= 0.6 is 15.9 Å². The van der Waals surface area contributed by atoms with Gasteiger partial charge in [0.15, 0.2) is 0 Å². The molecule has 0 saturated heterocycles. The van der Waals surface area contributed by atoms with Crippen molar-refractivity contribution < 1.29 is 9.47 Å². The first-order valence-electron chi connectivity index (χ1n) is 5.12. The molecule has 1 aromatic heterocycles. The van der Waals surface area contributed by atoms with Gasteiger partial charge in [0, 0.05) is 18.0 Å². The van der Waals surface area contributed by atoms with Gasteiger partial charge in [0.05, 0.1) is 11.6 Å². The minimum Gasteiger partial charge on any atom is -0.497 e. The number of rotatable bonds is 3. The lowest BCUT2D eigenvalue weighted by molar-refractivity contribution is 0.412. The van der Waals surface area contributed by atoms with Gasteiger partial charge in [-0.05, 0) is 47.1 Å². The fourth-order valence-electron chi connectivity index (χ4n) is 1.38. The highest BCUT2D eigenvalue weighted by molar-refractivity contribution is 9.10. The summed E-state index contributed by atoms with van der Waals surface area (Å²) in [7, 11) is 1.63. The van der Waals surface area contributed by atoms with Crippen LogP contribution in [0, 0.1) is 6.92 Å². The predicted octanol–water partition coefficient (Wildman–Crippen LogP) is 3.95. The van der Waals surface area contributed by atoms with E-state index in [1.807, 2.05) is 31.2 Å². The lowest BCUT2D eigenvalue weighted by atomic mass is 10.3.